The van der Waals surface area contributed by atoms with Crippen molar-refractivity contribution in [3.63, 3.8) is 0 Å². The van der Waals surface area contributed by atoms with E-state index in [1.54, 1.807) is 7.11 Å². The second-order valence-electron chi connectivity index (χ2n) is 4.75. The molecule has 0 amide bonds. The fraction of sp³-hybridized carbons (Fsp3) is 0.500. The minimum Gasteiger partial charge on any atom is -0.497 e. The number of carbonyl (C=O) groups is 1. The Labute approximate surface area is 117 Å². The Kier molecular flexibility index (Phi) is 4.37. The number of hydrogen-bond acceptors (Lipinski definition) is 4. The van der Waals surface area contributed by atoms with E-state index in [0.717, 1.165) is 24.3 Å². The van der Waals surface area contributed by atoms with Gasteiger partial charge in [0.1, 0.15) is 5.75 Å². The third kappa shape index (κ3) is 2.87. The lowest BCUT2D eigenvalue weighted by atomic mass is 10.2. The maximum Gasteiger partial charge on any atom is 0.334 e. The number of benzene rings is 1. The van der Waals surface area contributed by atoms with Crippen molar-refractivity contribution in [2.75, 3.05) is 20.7 Å². The van der Waals surface area contributed by atoms with E-state index in [1.165, 1.54) is 11.8 Å². The lowest BCUT2D eigenvalue weighted by Gasteiger charge is -2.31. The summed E-state index contributed by atoms with van der Waals surface area (Å²) in [6.45, 7) is 0.849. The molecule has 0 spiro atoms. The van der Waals surface area contributed by atoms with Gasteiger partial charge in [-0.15, -0.1) is 11.8 Å². The summed E-state index contributed by atoms with van der Waals surface area (Å²) in [5.41, 5.74) is 1.12. The number of methoxy groups -OCH3 is 1. The first-order chi connectivity index (χ1) is 9.08. The van der Waals surface area contributed by atoms with Crippen LogP contribution in [0.5, 0.6) is 5.75 Å². The van der Waals surface area contributed by atoms with Crippen LogP contribution >= 0.6 is 11.8 Å². The predicted octanol–water partition coefficient (Wildman–Crippen LogP) is 2.43. The number of thioether (sulfide) groups is 1. The molecule has 2 rings (SSSR count). The lowest BCUT2D eigenvalue weighted by molar-refractivity contribution is -0.143. The van der Waals surface area contributed by atoms with Gasteiger partial charge in [-0.05, 0) is 44.1 Å². The van der Waals surface area contributed by atoms with Crippen molar-refractivity contribution in [1.82, 2.24) is 4.90 Å². The molecule has 104 valence electrons. The molecular formula is C14H19NO3S. The van der Waals surface area contributed by atoms with Gasteiger partial charge in [-0.1, -0.05) is 12.1 Å². The molecule has 1 aromatic rings. The summed E-state index contributed by atoms with van der Waals surface area (Å²) in [6.07, 6.45) is 1.65. The molecule has 1 aliphatic rings. The van der Waals surface area contributed by atoms with Crippen LogP contribution in [0.25, 0.3) is 0 Å². The van der Waals surface area contributed by atoms with Crippen LogP contribution in [0.4, 0.5) is 0 Å². The Hall–Kier alpha value is -1.20. The third-order valence-corrected chi connectivity index (χ3v) is 5.24. The summed E-state index contributed by atoms with van der Waals surface area (Å²) < 4.78 is 5.11. The highest BCUT2D eigenvalue weighted by Crippen LogP contribution is 2.40. The van der Waals surface area contributed by atoms with E-state index in [9.17, 15) is 9.90 Å². The number of ether oxygens (including phenoxy) is 1. The second-order valence-corrected chi connectivity index (χ2v) is 6.00. The molecule has 0 aliphatic carbocycles. The average molecular weight is 281 g/mol. The fourth-order valence-corrected chi connectivity index (χ4v) is 3.69. The molecule has 5 heteroatoms. The highest BCUT2D eigenvalue weighted by molar-refractivity contribution is 8.00. The van der Waals surface area contributed by atoms with Crippen LogP contribution in [0, 0.1) is 0 Å². The van der Waals surface area contributed by atoms with E-state index in [-0.39, 0.29) is 0 Å². The van der Waals surface area contributed by atoms with Gasteiger partial charge >= 0.3 is 5.97 Å². The van der Waals surface area contributed by atoms with E-state index in [0.29, 0.717) is 12.2 Å². The lowest BCUT2D eigenvalue weighted by Crippen LogP contribution is -2.45. The molecule has 1 saturated heterocycles. The molecule has 0 radical (unpaired) electrons. The summed E-state index contributed by atoms with van der Waals surface area (Å²) in [5, 5.41) is 9.51. The quantitative estimate of drug-likeness (QED) is 0.898. The van der Waals surface area contributed by atoms with E-state index < -0.39 is 10.8 Å². The van der Waals surface area contributed by atoms with Gasteiger partial charge in [0.25, 0.3) is 0 Å². The predicted molar refractivity (Wildman–Crippen MR) is 76.5 cm³/mol. The van der Waals surface area contributed by atoms with Gasteiger partial charge in [-0.25, -0.2) is 4.79 Å². The van der Waals surface area contributed by atoms with Crippen molar-refractivity contribution in [2.45, 2.75) is 23.5 Å². The van der Waals surface area contributed by atoms with Crippen molar-refractivity contribution in [2.24, 2.45) is 0 Å². The zero-order valence-corrected chi connectivity index (χ0v) is 12.1. The van der Waals surface area contributed by atoms with Crippen molar-refractivity contribution in [3.05, 3.63) is 29.8 Å². The van der Waals surface area contributed by atoms with Crippen molar-refractivity contribution < 1.29 is 14.6 Å². The SMILES string of the molecule is COc1ccc(CSC2(C(=O)O)CCCN2C)cc1. The molecule has 1 N–H and O–H groups in total. The Morgan fingerprint density at radius 1 is 1.47 bits per heavy atom. The molecule has 19 heavy (non-hydrogen) atoms. The number of likely N-dealkylation sites (tertiary alicyclic amines) is 1. The van der Waals surface area contributed by atoms with Gasteiger partial charge in [-0.3, -0.25) is 4.90 Å². The normalized spacial score (nSPS) is 23.5. The molecule has 1 unspecified atom stereocenters. The first kappa shape index (κ1) is 14.2. The van der Waals surface area contributed by atoms with Crippen LogP contribution in [0.3, 0.4) is 0 Å². The Morgan fingerprint density at radius 3 is 2.63 bits per heavy atom. The van der Waals surface area contributed by atoms with E-state index in [2.05, 4.69) is 0 Å². The fourth-order valence-electron chi connectivity index (χ4n) is 2.37. The number of hydrogen-bond donors (Lipinski definition) is 1. The molecule has 1 heterocycles. The second kappa shape index (κ2) is 5.84. The third-order valence-electron chi connectivity index (χ3n) is 3.60. The number of rotatable bonds is 5. The van der Waals surface area contributed by atoms with E-state index in [4.69, 9.17) is 4.74 Å². The molecule has 1 fully saturated rings. The van der Waals surface area contributed by atoms with Gasteiger partial charge in [0, 0.05) is 5.75 Å². The molecule has 0 aromatic heterocycles. The van der Waals surface area contributed by atoms with E-state index in [1.807, 2.05) is 36.2 Å². The monoisotopic (exact) mass is 281 g/mol. The van der Waals surface area contributed by atoms with Crippen LogP contribution < -0.4 is 4.74 Å². The van der Waals surface area contributed by atoms with Crippen molar-refractivity contribution in [1.29, 1.82) is 0 Å². The molecule has 0 saturated carbocycles. The zero-order chi connectivity index (χ0) is 13.9. The molecular weight excluding hydrogens is 262 g/mol. The van der Waals surface area contributed by atoms with Crippen LogP contribution in [0.1, 0.15) is 18.4 Å². The Balaban J connectivity index is 2.05. The first-order valence-corrected chi connectivity index (χ1v) is 7.28. The smallest absolute Gasteiger partial charge is 0.334 e. The van der Waals surface area contributed by atoms with Crippen LogP contribution in [0.15, 0.2) is 24.3 Å². The summed E-state index contributed by atoms with van der Waals surface area (Å²) in [7, 11) is 3.53. The first-order valence-electron chi connectivity index (χ1n) is 6.30. The Morgan fingerprint density at radius 2 is 2.16 bits per heavy atom. The van der Waals surface area contributed by atoms with E-state index >= 15 is 0 Å². The van der Waals surface area contributed by atoms with Crippen LogP contribution in [-0.2, 0) is 10.5 Å². The van der Waals surface area contributed by atoms with Gasteiger partial charge in [0.2, 0.25) is 0 Å². The standard InChI is InChI=1S/C14H19NO3S/c1-15-9-3-8-14(15,13(16)17)19-10-11-4-6-12(18-2)7-5-11/h4-7H,3,8-10H2,1-2H3,(H,16,17). The van der Waals surface area contributed by atoms with Gasteiger partial charge < -0.3 is 9.84 Å². The van der Waals surface area contributed by atoms with Crippen molar-refractivity contribution in [3.8, 4) is 5.75 Å². The molecule has 4 nitrogen and oxygen atoms in total. The number of nitrogens with zero attached hydrogens (tertiary/aromatic N) is 1. The van der Waals surface area contributed by atoms with Gasteiger partial charge in [0.15, 0.2) is 4.87 Å². The van der Waals surface area contributed by atoms with Gasteiger partial charge in [0.05, 0.1) is 7.11 Å². The number of carboxylic acid groups (broad SMARTS) is 1. The van der Waals surface area contributed by atoms with Crippen LogP contribution in [0.2, 0.25) is 0 Å². The van der Waals surface area contributed by atoms with Crippen LogP contribution in [-0.4, -0.2) is 41.5 Å². The zero-order valence-electron chi connectivity index (χ0n) is 11.3. The minimum atomic E-state index is -0.764. The summed E-state index contributed by atoms with van der Waals surface area (Å²) in [4.78, 5) is 12.8. The highest BCUT2D eigenvalue weighted by atomic mass is 32.2. The summed E-state index contributed by atoms with van der Waals surface area (Å²) >= 11 is 1.50. The highest BCUT2D eigenvalue weighted by Gasteiger charge is 2.46. The summed E-state index contributed by atoms with van der Waals surface area (Å²) in [5.74, 6) is 0.784. The minimum absolute atomic E-state index is 0.695. The number of carboxylic acids is 1. The Bertz CT molecular complexity index is 449. The summed E-state index contributed by atoms with van der Waals surface area (Å²) in [6, 6.07) is 7.77. The number of likely N-dealkylation sites (N-methyl/N-ethyl adjacent to an activating group) is 1. The topological polar surface area (TPSA) is 49.8 Å². The maximum absolute atomic E-state index is 11.6. The van der Waals surface area contributed by atoms with Crippen molar-refractivity contribution >= 4 is 17.7 Å². The molecule has 1 aliphatic heterocycles. The maximum atomic E-state index is 11.6. The molecule has 0 bridgehead atoms. The largest absolute Gasteiger partial charge is 0.497 e. The molecule has 1 aromatic carbocycles. The average Bonchev–Trinajstić information content (AvgIpc) is 2.79. The number of aliphatic carboxylic acids is 1. The molecule has 1 atom stereocenters. The van der Waals surface area contributed by atoms with Gasteiger partial charge in [-0.2, -0.15) is 0 Å².